The number of rotatable bonds is 6. The third-order valence-electron chi connectivity index (χ3n) is 3.06. The minimum Gasteiger partial charge on any atom is -0.374 e. The van der Waals surface area contributed by atoms with Crippen molar-refractivity contribution < 1.29 is 13.2 Å². The number of nitrogens with one attached hydrogen (secondary N) is 3. The molecule has 0 aromatic heterocycles. The normalized spacial score (nSPS) is 12.3. The Labute approximate surface area is 149 Å². The highest BCUT2D eigenvalue weighted by molar-refractivity contribution is 9.10. The molecule has 128 valence electrons. The van der Waals surface area contributed by atoms with Crippen LogP contribution >= 0.6 is 15.9 Å². The van der Waals surface area contributed by atoms with Gasteiger partial charge in [0, 0.05) is 21.5 Å². The zero-order valence-corrected chi connectivity index (χ0v) is 15.6. The Morgan fingerprint density at radius 3 is 2.25 bits per heavy atom. The van der Waals surface area contributed by atoms with Crippen LogP contribution in [-0.2, 0) is 14.8 Å². The van der Waals surface area contributed by atoms with Crippen LogP contribution in [0, 0.1) is 0 Å². The molecule has 0 radical (unpaired) electrons. The summed E-state index contributed by atoms with van der Waals surface area (Å²) in [4.78, 5) is 12.2. The maximum absolute atomic E-state index is 12.2. The summed E-state index contributed by atoms with van der Waals surface area (Å²) in [6.45, 7) is 1.75. The fraction of sp³-hybridized carbons (Fsp3) is 0.188. The van der Waals surface area contributed by atoms with Crippen LogP contribution in [0.4, 0.5) is 17.1 Å². The molecule has 24 heavy (non-hydrogen) atoms. The van der Waals surface area contributed by atoms with Crippen LogP contribution in [0.1, 0.15) is 6.92 Å². The highest BCUT2D eigenvalue weighted by Gasteiger charge is 2.13. The Balaban J connectivity index is 1.96. The number of benzene rings is 2. The van der Waals surface area contributed by atoms with E-state index in [-0.39, 0.29) is 5.91 Å². The molecule has 3 N–H and O–H groups in total. The fourth-order valence-corrected chi connectivity index (χ4v) is 2.94. The molecule has 0 spiro atoms. The summed E-state index contributed by atoms with van der Waals surface area (Å²) in [6.07, 6.45) is 1.09. The fourth-order valence-electron chi connectivity index (χ4n) is 1.98. The van der Waals surface area contributed by atoms with Crippen molar-refractivity contribution in [2.24, 2.45) is 0 Å². The summed E-state index contributed by atoms with van der Waals surface area (Å²) in [5.74, 6) is -0.175. The number of amides is 1. The topological polar surface area (TPSA) is 87.3 Å². The van der Waals surface area contributed by atoms with Gasteiger partial charge in [0.1, 0.15) is 6.04 Å². The van der Waals surface area contributed by atoms with Crippen LogP contribution in [0.15, 0.2) is 53.0 Å². The molecule has 0 fully saturated rings. The van der Waals surface area contributed by atoms with Crippen molar-refractivity contribution in [3.8, 4) is 0 Å². The average Bonchev–Trinajstić information content (AvgIpc) is 2.47. The molecule has 1 unspecified atom stereocenters. The zero-order chi connectivity index (χ0) is 17.7. The van der Waals surface area contributed by atoms with Crippen LogP contribution in [0.3, 0.4) is 0 Å². The van der Waals surface area contributed by atoms with Gasteiger partial charge in [-0.05, 0) is 49.4 Å². The van der Waals surface area contributed by atoms with Crippen LogP contribution in [0.25, 0.3) is 0 Å². The maximum atomic E-state index is 12.2. The molecule has 0 saturated heterocycles. The van der Waals surface area contributed by atoms with Crippen molar-refractivity contribution in [1.29, 1.82) is 0 Å². The van der Waals surface area contributed by atoms with Gasteiger partial charge in [0.05, 0.1) is 6.26 Å². The van der Waals surface area contributed by atoms with Gasteiger partial charge in [0.15, 0.2) is 0 Å². The first-order chi connectivity index (χ1) is 11.2. The Hall–Kier alpha value is -2.06. The minimum absolute atomic E-state index is 0.175. The molecule has 2 aromatic carbocycles. The summed E-state index contributed by atoms with van der Waals surface area (Å²) in [7, 11) is -3.30. The quantitative estimate of drug-likeness (QED) is 0.680. The van der Waals surface area contributed by atoms with E-state index in [2.05, 4.69) is 31.3 Å². The van der Waals surface area contributed by atoms with E-state index in [0.717, 1.165) is 10.7 Å². The van der Waals surface area contributed by atoms with Gasteiger partial charge >= 0.3 is 0 Å². The second-order valence-electron chi connectivity index (χ2n) is 5.32. The predicted molar refractivity (Wildman–Crippen MR) is 101 cm³/mol. The summed E-state index contributed by atoms with van der Waals surface area (Å²) in [5.41, 5.74) is 1.89. The third-order valence-corrected chi connectivity index (χ3v) is 4.16. The lowest BCUT2D eigenvalue weighted by Crippen LogP contribution is -2.31. The molecule has 2 aromatic rings. The molecular formula is C16H18BrN3O3S. The van der Waals surface area contributed by atoms with E-state index in [1.165, 1.54) is 0 Å². The van der Waals surface area contributed by atoms with Gasteiger partial charge in [0.2, 0.25) is 15.9 Å². The van der Waals surface area contributed by atoms with Crippen LogP contribution in [-0.4, -0.2) is 26.6 Å². The number of sulfonamides is 1. The molecule has 0 saturated carbocycles. The average molecular weight is 412 g/mol. The highest BCUT2D eigenvalue weighted by atomic mass is 79.9. The smallest absolute Gasteiger partial charge is 0.246 e. The van der Waals surface area contributed by atoms with E-state index in [4.69, 9.17) is 0 Å². The van der Waals surface area contributed by atoms with E-state index >= 15 is 0 Å². The van der Waals surface area contributed by atoms with Crippen molar-refractivity contribution in [1.82, 2.24) is 0 Å². The lowest BCUT2D eigenvalue weighted by Gasteiger charge is -2.16. The standard InChI is InChI=1S/C16H18BrN3O3S/c1-11(16(21)19-15-5-3-4-12(17)10-15)18-13-6-8-14(9-7-13)20-24(2,22)23/h3-11,18,20H,1-2H3,(H,19,21). The molecule has 0 aliphatic rings. The van der Waals surface area contributed by atoms with Crippen molar-refractivity contribution in [2.45, 2.75) is 13.0 Å². The Morgan fingerprint density at radius 2 is 1.67 bits per heavy atom. The highest BCUT2D eigenvalue weighted by Crippen LogP contribution is 2.17. The second kappa shape index (κ2) is 7.67. The molecule has 0 aliphatic carbocycles. The van der Waals surface area contributed by atoms with Gasteiger partial charge in [-0.1, -0.05) is 22.0 Å². The molecule has 0 aliphatic heterocycles. The molecule has 1 amide bonds. The molecule has 0 bridgehead atoms. The molecule has 0 heterocycles. The lowest BCUT2D eigenvalue weighted by molar-refractivity contribution is -0.116. The number of hydrogen-bond donors (Lipinski definition) is 3. The molecule has 8 heteroatoms. The first-order valence-corrected chi connectivity index (χ1v) is 9.82. The number of anilines is 3. The lowest BCUT2D eigenvalue weighted by atomic mass is 10.2. The summed E-state index contributed by atoms with van der Waals surface area (Å²) in [6, 6.07) is 13.5. The van der Waals surface area contributed by atoms with Crippen molar-refractivity contribution in [2.75, 3.05) is 21.6 Å². The second-order valence-corrected chi connectivity index (χ2v) is 7.98. The van der Waals surface area contributed by atoms with Crippen LogP contribution < -0.4 is 15.4 Å². The largest absolute Gasteiger partial charge is 0.374 e. The SMILES string of the molecule is CC(Nc1ccc(NS(C)(=O)=O)cc1)C(=O)Nc1cccc(Br)c1. The molecule has 2 rings (SSSR count). The Kier molecular flexibility index (Phi) is 5.84. The first-order valence-electron chi connectivity index (χ1n) is 7.14. The summed E-state index contributed by atoms with van der Waals surface area (Å²) < 4.78 is 25.6. The van der Waals surface area contributed by atoms with Crippen LogP contribution in [0.2, 0.25) is 0 Å². The Bertz CT molecular complexity index is 823. The number of carbonyl (C=O) groups is 1. The van der Waals surface area contributed by atoms with Crippen molar-refractivity contribution >= 4 is 48.9 Å². The minimum atomic E-state index is -3.30. The maximum Gasteiger partial charge on any atom is 0.246 e. The van der Waals surface area contributed by atoms with E-state index in [0.29, 0.717) is 17.1 Å². The monoisotopic (exact) mass is 411 g/mol. The van der Waals surface area contributed by atoms with E-state index in [9.17, 15) is 13.2 Å². The van der Waals surface area contributed by atoms with E-state index in [1.807, 2.05) is 18.2 Å². The van der Waals surface area contributed by atoms with Crippen LogP contribution in [0.5, 0.6) is 0 Å². The molecular weight excluding hydrogens is 394 g/mol. The van der Waals surface area contributed by atoms with Gasteiger partial charge in [-0.15, -0.1) is 0 Å². The number of carbonyl (C=O) groups excluding carboxylic acids is 1. The summed E-state index contributed by atoms with van der Waals surface area (Å²) >= 11 is 3.35. The van der Waals surface area contributed by atoms with Gasteiger partial charge in [0.25, 0.3) is 0 Å². The van der Waals surface area contributed by atoms with Crippen molar-refractivity contribution in [3.63, 3.8) is 0 Å². The summed E-state index contributed by atoms with van der Waals surface area (Å²) in [5, 5.41) is 5.89. The van der Waals surface area contributed by atoms with Gasteiger partial charge in [-0.2, -0.15) is 0 Å². The van der Waals surface area contributed by atoms with E-state index < -0.39 is 16.1 Å². The molecule has 6 nitrogen and oxygen atoms in total. The number of hydrogen-bond acceptors (Lipinski definition) is 4. The van der Waals surface area contributed by atoms with Gasteiger partial charge in [-0.25, -0.2) is 8.42 Å². The molecule has 1 atom stereocenters. The zero-order valence-electron chi connectivity index (χ0n) is 13.2. The van der Waals surface area contributed by atoms with Crippen molar-refractivity contribution in [3.05, 3.63) is 53.0 Å². The van der Waals surface area contributed by atoms with Gasteiger partial charge in [-0.3, -0.25) is 9.52 Å². The van der Waals surface area contributed by atoms with E-state index in [1.54, 1.807) is 37.3 Å². The first kappa shape index (κ1) is 18.3. The third kappa shape index (κ3) is 5.86. The number of halogens is 1. The van der Waals surface area contributed by atoms with Gasteiger partial charge < -0.3 is 10.6 Å². The Morgan fingerprint density at radius 1 is 1.04 bits per heavy atom. The predicted octanol–water partition coefficient (Wildman–Crippen LogP) is 3.26.